The van der Waals surface area contributed by atoms with Crippen molar-refractivity contribution in [2.45, 2.75) is 25.3 Å². The zero-order chi connectivity index (χ0) is 19.8. The molecule has 0 radical (unpaired) electrons. The molecule has 0 atom stereocenters. The van der Waals surface area contributed by atoms with Crippen LogP contribution >= 0.6 is 0 Å². The molecule has 2 fully saturated rings. The van der Waals surface area contributed by atoms with Crippen molar-refractivity contribution in [2.75, 3.05) is 38.1 Å². The molecule has 5 rings (SSSR count). The number of carbonyl (C=O) groups is 1. The normalized spacial score (nSPS) is 18.0. The maximum atomic E-state index is 12.7. The molecule has 1 N–H and O–H groups in total. The molecule has 29 heavy (non-hydrogen) atoms. The number of fused-ring (bicyclic) bond motifs is 1. The van der Waals surface area contributed by atoms with Gasteiger partial charge in [0.15, 0.2) is 11.3 Å². The van der Waals surface area contributed by atoms with Crippen LogP contribution in [0.15, 0.2) is 42.5 Å². The predicted octanol–water partition coefficient (Wildman–Crippen LogP) is 2.43. The molecule has 0 saturated carbocycles. The highest BCUT2D eigenvalue weighted by Gasteiger charge is 2.26. The molecule has 7 nitrogen and oxygen atoms in total. The van der Waals surface area contributed by atoms with Crippen LogP contribution in [0.1, 0.15) is 29.8 Å². The van der Waals surface area contributed by atoms with Gasteiger partial charge in [-0.2, -0.15) is 5.10 Å². The third-order valence-electron chi connectivity index (χ3n) is 5.80. The summed E-state index contributed by atoms with van der Waals surface area (Å²) in [5.74, 6) is 0.829. The van der Waals surface area contributed by atoms with E-state index in [1.807, 2.05) is 25.2 Å². The van der Waals surface area contributed by atoms with Crippen LogP contribution in [0.3, 0.4) is 0 Å². The number of nitrogens with one attached hydrogen (secondary N) is 1. The second-order valence-electron chi connectivity index (χ2n) is 8.10. The van der Waals surface area contributed by atoms with E-state index in [9.17, 15) is 4.79 Å². The second kappa shape index (κ2) is 7.48. The van der Waals surface area contributed by atoms with Gasteiger partial charge in [0.05, 0.1) is 11.7 Å². The van der Waals surface area contributed by atoms with Gasteiger partial charge in [0.2, 0.25) is 0 Å². The predicted molar refractivity (Wildman–Crippen MR) is 113 cm³/mol. The monoisotopic (exact) mass is 390 g/mol. The van der Waals surface area contributed by atoms with Crippen LogP contribution in [0.25, 0.3) is 16.9 Å². The minimum atomic E-state index is -0.132. The maximum Gasteiger partial charge on any atom is 0.272 e. The molecule has 1 amide bonds. The van der Waals surface area contributed by atoms with Crippen LogP contribution in [-0.2, 0) is 0 Å². The zero-order valence-corrected chi connectivity index (χ0v) is 16.7. The van der Waals surface area contributed by atoms with Crippen LogP contribution in [0.5, 0.6) is 0 Å². The Balaban J connectivity index is 1.54. The van der Waals surface area contributed by atoms with Crippen molar-refractivity contribution in [3.05, 3.63) is 48.2 Å². The molecule has 2 aliphatic rings. The highest BCUT2D eigenvalue weighted by molar-refractivity contribution is 5.94. The minimum absolute atomic E-state index is 0.132. The molecule has 2 aromatic heterocycles. The van der Waals surface area contributed by atoms with Crippen LogP contribution in [0.4, 0.5) is 5.82 Å². The van der Waals surface area contributed by atoms with E-state index in [1.165, 1.54) is 19.3 Å². The van der Waals surface area contributed by atoms with E-state index in [1.54, 1.807) is 10.6 Å². The van der Waals surface area contributed by atoms with Crippen molar-refractivity contribution in [2.24, 2.45) is 0 Å². The number of benzene rings is 1. The number of carbonyl (C=O) groups excluding carboxylic acids is 1. The van der Waals surface area contributed by atoms with E-state index < -0.39 is 0 Å². The molecule has 4 heterocycles. The topological polar surface area (TPSA) is 65.8 Å². The van der Waals surface area contributed by atoms with Crippen molar-refractivity contribution >= 4 is 17.4 Å². The number of hydrogen-bond donors (Lipinski definition) is 1. The maximum absolute atomic E-state index is 12.7. The molecule has 0 bridgehead atoms. The number of amides is 1. The van der Waals surface area contributed by atoms with Gasteiger partial charge in [-0.3, -0.25) is 4.79 Å². The van der Waals surface area contributed by atoms with Crippen molar-refractivity contribution in [1.29, 1.82) is 0 Å². The first-order valence-corrected chi connectivity index (χ1v) is 10.4. The summed E-state index contributed by atoms with van der Waals surface area (Å²) in [6, 6.07) is 14.3. The number of piperidine rings is 1. The Hall–Kier alpha value is -2.93. The molecule has 0 spiro atoms. The summed E-state index contributed by atoms with van der Waals surface area (Å²) >= 11 is 0. The molecule has 2 aliphatic heterocycles. The summed E-state index contributed by atoms with van der Waals surface area (Å²) in [5.41, 5.74) is 3.15. The van der Waals surface area contributed by atoms with Crippen molar-refractivity contribution in [1.82, 2.24) is 24.8 Å². The van der Waals surface area contributed by atoms with E-state index in [0.29, 0.717) is 11.3 Å². The zero-order valence-electron chi connectivity index (χ0n) is 16.7. The average Bonchev–Trinajstić information content (AvgIpc) is 3.17. The number of rotatable bonds is 4. The molecule has 0 unspecified atom stereocenters. The standard InChI is InChI=1S/C22H26N6O/c1-26-14-17(15-26)23-22(29)18-12-21-24-20(27-10-6-3-7-11-27)13-19(28(21)25-18)16-8-4-2-5-9-16/h2,4-5,8-9,12-13,17H,3,6-7,10-11,14-15H2,1H3,(H,23,29). The summed E-state index contributed by atoms with van der Waals surface area (Å²) in [6.07, 6.45) is 3.66. The Labute approximate surface area is 170 Å². The lowest BCUT2D eigenvalue weighted by molar-refractivity contribution is 0.0852. The number of aromatic nitrogens is 3. The molecule has 3 aromatic rings. The summed E-state index contributed by atoms with van der Waals surface area (Å²) < 4.78 is 1.80. The summed E-state index contributed by atoms with van der Waals surface area (Å²) in [5, 5.41) is 7.68. The Kier molecular flexibility index (Phi) is 4.67. The fourth-order valence-electron chi connectivity index (χ4n) is 4.22. The van der Waals surface area contributed by atoms with E-state index in [2.05, 4.69) is 38.4 Å². The third kappa shape index (κ3) is 3.58. The summed E-state index contributed by atoms with van der Waals surface area (Å²) in [6.45, 7) is 3.81. The van der Waals surface area contributed by atoms with Crippen molar-refractivity contribution in [3.63, 3.8) is 0 Å². The number of nitrogens with zero attached hydrogens (tertiary/aromatic N) is 5. The fourth-order valence-corrected chi connectivity index (χ4v) is 4.22. The molecule has 150 valence electrons. The van der Waals surface area contributed by atoms with E-state index in [-0.39, 0.29) is 11.9 Å². The Morgan fingerprint density at radius 1 is 1.07 bits per heavy atom. The van der Waals surface area contributed by atoms with Crippen LogP contribution in [0, 0.1) is 0 Å². The van der Waals surface area contributed by atoms with E-state index in [4.69, 9.17) is 4.98 Å². The Morgan fingerprint density at radius 3 is 2.55 bits per heavy atom. The highest BCUT2D eigenvalue weighted by atomic mass is 16.2. The van der Waals surface area contributed by atoms with Gasteiger partial charge < -0.3 is 15.1 Å². The smallest absolute Gasteiger partial charge is 0.272 e. The first-order chi connectivity index (χ1) is 14.2. The molecular formula is C22H26N6O. The van der Waals surface area contributed by atoms with Crippen LogP contribution in [0.2, 0.25) is 0 Å². The highest BCUT2D eigenvalue weighted by Crippen LogP contribution is 2.27. The minimum Gasteiger partial charge on any atom is -0.356 e. The van der Waals surface area contributed by atoms with Crippen LogP contribution < -0.4 is 10.2 Å². The third-order valence-corrected chi connectivity index (χ3v) is 5.80. The van der Waals surface area contributed by atoms with Gasteiger partial charge in [-0.15, -0.1) is 0 Å². The SMILES string of the molecule is CN1CC(NC(=O)c2cc3nc(N4CCCCC4)cc(-c4ccccc4)n3n2)C1. The van der Waals surface area contributed by atoms with Gasteiger partial charge in [-0.05, 0) is 26.3 Å². The fraction of sp³-hybridized carbons (Fsp3) is 0.409. The number of anilines is 1. The summed E-state index contributed by atoms with van der Waals surface area (Å²) in [7, 11) is 2.05. The number of hydrogen-bond acceptors (Lipinski definition) is 5. The van der Waals surface area contributed by atoms with Crippen molar-refractivity contribution in [3.8, 4) is 11.3 Å². The Bertz CT molecular complexity index is 1020. The van der Waals surface area contributed by atoms with Crippen molar-refractivity contribution < 1.29 is 4.79 Å². The van der Waals surface area contributed by atoms with E-state index in [0.717, 1.165) is 43.3 Å². The van der Waals surface area contributed by atoms with Gasteiger partial charge in [0, 0.05) is 43.9 Å². The lowest BCUT2D eigenvalue weighted by atomic mass is 10.1. The summed E-state index contributed by atoms with van der Waals surface area (Å²) in [4.78, 5) is 22.1. The van der Waals surface area contributed by atoms with Gasteiger partial charge in [-0.25, -0.2) is 9.50 Å². The largest absolute Gasteiger partial charge is 0.356 e. The first kappa shape index (κ1) is 18.1. The molecule has 2 saturated heterocycles. The first-order valence-electron chi connectivity index (χ1n) is 10.4. The quantitative estimate of drug-likeness (QED) is 0.741. The molecule has 7 heteroatoms. The molecule has 0 aliphatic carbocycles. The lowest BCUT2D eigenvalue weighted by Gasteiger charge is -2.36. The molecule has 1 aromatic carbocycles. The van der Waals surface area contributed by atoms with Gasteiger partial charge >= 0.3 is 0 Å². The molecular weight excluding hydrogens is 364 g/mol. The van der Waals surface area contributed by atoms with Crippen LogP contribution in [-0.4, -0.2) is 64.7 Å². The second-order valence-corrected chi connectivity index (χ2v) is 8.10. The van der Waals surface area contributed by atoms with Gasteiger partial charge in [-0.1, -0.05) is 30.3 Å². The average molecular weight is 390 g/mol. The van der Waals surface area contributed by atoms with Gasteiger partial charge in [0.1, 0.15) is 5.82 Å². The van der Waals surface area contributed by atoms with Gasteiger partial charge in [0.25, 0.3) is 5.91 Å². The number of likely N-dealkylation sites (tertiary alicyclic amines) is 1. The Morgan fingerprint density at radius 2 is 1.83 bits per heavy atom. The number of likely N-dealkylation sites (N-methyl/N-ethyl adjacent to an activating group) is 1. The lowest BCUT2D eigenvalue weighted by Crippen LogP contribution is -2.57. The van der Waals surface area contributed by atoms with E-state index >= 15 is 0 Å².